The van der Waals surface area contributed by atoms with Gasteiger partial charge in [0.15, 0.2) is 6.61 Å². The van der Waals surface area contributed by atoms with Crippen molar-refractivity contribution in [1.82, 2.24) is 4.98 Å². The second kappa shape index (κ2) is 9.06. The van der Waals surface area contributed by atoms with Gasteiger partial charge in [-0.1, -0.05) is 30.3 Å². The summed E-state index contributed by atoms with van der Waals surface area (Å²) in [6, 6.07) is 22.9. The van der Waals surface area contributed by atoms with Crippen LogP contribution in [-0.4, -0.2) is 23.5 Å². The number of esters is 1. The number of nitrogens with one attached hydrogen (secondary N) is 1. The number of hydrogen-bond acceptors (Lipinski definition) is 5. The van der Waals surface area contributed by atoms with E-state index in [1.165, 1.54) is 12.1 Å². The zero-order valence-corrected chi connectivity index (χ0v) is 16.7. The van der Waals surface area contributed by atoms with Crippen LogP contribution in [0, 0.1) is 17.1 Å². The van der Waals surface area contributed by atoms with Crippen LogP contribution in [0.2, 0.25) is 0 Å². The number of fused-ring (bicyclic) bond motifs is 1. The summed E-state index contributed by atoms with van der Waals surface area (Å²) in [5.41, 5.74) is 2.55. The molecule has 156 valence electrons. The average Bonchev–Trinajstić information content (AvgIpc) is 2.82. The lowest BCUT2D eigenvalue weighted by molar-refractivity contribution is -0.119. The molecule has 0 aliphatic carbocycles. The van der Waals surface area contributed by atoms with Crippen LogP contribution in [0.4, 0.5) is 10.1 Å². The van der Waals surface area contributed by atoms with Crippen molar-refractivity contribution >= 4 is 28.5 Å². The quantitative estimate of drug-likeness (QED) is 0.468. The lowest BCUT2D eigenvalue weighted by Gasteiger charge is -2.11. The zero-order chi connectivity index (χ0) is 22.5. The predicted molar refractivity (Wildman–Crippen MR) is 117 cm³/mol. The fourth-order valence-corrected chi connectivity index (χ4v) is 3.20. The summed E-state index contributed by atoms with van der Waals surface area (Å²) in [5.74, 6) is -1.65. The van der Waals surface area contributed by atoms with Crippen molar-refractivity contribution in [2.75, 3.05) is 11.9 Å². The average molecular weight is 425 g/mol. The number of carbonyl (C=O) groups excluding carboxylic acids is 2. The maximum absolute atomic E-state index is 13.3. The standard InChI is InChI=1S/C25H16FN3O3/c26-18-11-9-16(10-12-18)23-13-20(19-6-2-4-8-22(19)28-23)25(31)32-15-24(30)29-21-7-3-1-5-17(21)14-27/h1-13H,15H2,(H,29,30). The third-order valence-corrected chi connectivity index (χ3v) is 4.73. The number of benzene rings is 3. The Morgan fingerprint density at radius 1 is 1.00 bits per heavy atom. The first-order valence-corrected chi connectivity index (χ1v) is 9.67. The van der Waals surface area contributed by atoms with Crippen molar-refractivity contribution in [3.8, 4) is 17.3 Å². The van der Waals surface area contributed by atoms with Crippen molar-refractivity contribution in [1.29, 1.82) is 5.26 Å². The van der Waals surface area contributed by atoms with Gasteiger partial charge >= 0.3 is 5.97 Å². The summed E-state index contributed by atoms with van der Waals surface area (Å²) < 4.78 is 18.5. The van der Waals surface area contributed by atoms with Gasteiger partial charge in [0.1, 0.15) is 11.9 Å². The maximum atomic E-state index is 13.3. The van der Waals surface area contributed by atoms with Crippen LogP contribution in [0.3, 0.4) is 0 Å². The normalized spacial score (nSPS) is 10.4. The molecule has 0 spiro atoms. The fourth-order valence-electron chi connectivity index (χ4n) is 3.20. The van der Waals surface area contributed by atoms with Crippen molar-refractivity contribution in [2.45, 2.75) is 0 Å². The molecule has 1 amide bonds. The molecule has 0 unspecified atom stereocenters. The highest BCUT2D eigenvalue weighted by Gasteiger charge is 2.17. The van der Waals surface area contributed by atoms with Crippen LogP contribution in [0.1, 0.15) is 15.9 Å². The molecule has 0 aliphatic rings. The van der Waals surface area contributed by atoms with Crippen molar-refractivity contribution in [3.05, 3.63) is 95.8 Å². The lowest BCUT2D eigenvalue weighted by Crippen LogP contribution is -2.21. The van der Waals surface area contributed by atoms with E-state index in [0.717, 1.165) is 0 Å². The van der Waals surface area contributed by atoms with Gasteiger partial charge in [-0.05, 0) is 48.5 Å². The molecule has 0 saturated heterocycles. The van der Waals surface area contributed by atoms with Crippen LogP contribution < -0.4 is 5.32 Å². The third kappa shape index (κ3) is 4.45. The Labute approximate surface area is 182 Å². The van der Waals surface area contributed by atoms with Crippen molar-refractivity contribution < 1.29 is 18.7 Å². The van der Waals surface area contributed by atoms with Gasteiger partial charge in [0.05, 0.1) is 28.0 Å². The molecule has 0 atom stereocenters. The molecule has 4 aromatic rings. The number of amides is 1. The summed E-state index contributed by atoms with van der Waals surface area (Å²) in [5, 5.41) is 12.3. The number of nitriles is 1. The number of hydrogen-bond donors (Lipinski definition) is 1. The van der Waals surface area contributed by atoms with E-state index in [0.29, 0.717) is 33.4 Å². The Balaban J connectivity index is 1.57. The molecule has 4 rings (SSSR count). The van der Waals surface area contributed by atoms with Gasteiger partial charge in [0, 0.05) is 10.9 Å². The Kier molecular flexibility index (Phi) is 5.86. The molecular formula is C25H16FN3O3. The number of para-hydroxylation sites is 2. The van der Waals surface area contributed by atoms with E-state index in [-0.39, 0.29) is 11.4 Å². The molecule has 0 bridgehead atoms. The lowest BCUT2D eigenvalue weighted by atomic mass is 10.0. The minimum absolute atomic E-state index is 0.236. The number of rotatable bonds is 5. The van der Waals surface area contributed by atoms with Crippen LogP contribution in [0.25, 0.3) is 22.2 Å². The summed E-state index contributed by atoms with van der Waals surface area (Å²) in [4.78, 5) is 29.6. The summed E-state index contributed by atoms with van der Waals surface area (Å²) in [7, 11) is 0. The molecule has 0 saturated carbocycles. The number of aromatic nitrogens is 1. The first kappa shape index (κ1) is 20.7. The van der Waals surface area contributed by atoms with Gasteiger partial charge in [-0.15, -0.1) is 0 Å². The highest BCUT2D eigenvalue weighted by Crippen LogP contribution is 2.25. The number of pyridine rings is 1. The molecule has 0 radical (unpaired) electrons. The highest BCUT2D eigenvalue weighted by molar-refractivity contribution is 6.05. The van der Waals surface area contributed by atoms with Gasteiger partial charge in [-0.2, -0.15) is 5.26 Å². The van der Waals surface area contributed by atoms with Gasteiger partial charge < -0.3 is 10.1 Å². The molecule has 7 heteroatoms. The van der Waals surface area contributed by atoms with Gasteiger partial charge in [-0.25, -0.2) is 14.2 Å². The molecule has 3 aromatic carbocycles. The first-order valence-electron chi connectivity index (χ1n) is 9.67. The minimum Gasteiger partial charge on any atom is -0.452 e. The Hall–Kier alpha value is -4.57. The van der Waals surface area contributed by atoms with Gasteiger partial charge in [0.2, 0.25) is 0 Å². The molecular weight excluding hydrogens is 409 g/mol. The van der Waals surface area contributed by atoms with E-state index >= 15 is 0 Å². The summed E-state index contributed by atoms with van der Waals surface area (Å²) in [6.45, 7) is -0.527. The minimum atomic E-state index is -0.698. The van der Waals surface area contributed by atoms with Crippen LogP contribution in [0.15, 0.2) is 78.9 Å². The van der Waals surface area contributed by atoms with E-state index in [1.54, 1.807) is 66.7 Å². The molecule has 32 heavy (non-hydrogen) atoms. The predicted octanol–water partition coefficient (Wildman–Crippen LogP) is 4.71. The zero-order valence-electron chi connectivity index (χ0n) is 16.7. The Morgan fingerprint density at radius 3 is 2.50 bits per heavy atom. The monoisotopic (exact) mass is 425 g/mol. The maximum Gasteiger partial charge on any atom is 0.339 e. The molecule has 6 nitrogen and oxygen atoms in total. The molecule has 0 fully saturated rings. The van der Waals surface area contributed by atoms with E-state index in [2.05, 4.69) is 10.3 Å². The molecule has 1 N–H and O–H groups in total. The number of ether oxygens (including phenoxy) is 1. The van der Waals surface area contributed by atoms with Gasteiger partial charge in [0.25, 0.3) is 5.91 Å². The smallest absolute Gasteiger partial charge is 0.339 e. The largest absolute Gasteiger partial charge is 0.452 e. The Morgan fingerprint density at radius 2 is 1.72 bits per heavy atom. The summed E-state index contributed by atoms with van der Waals surface area (Å²) >= 11 is 0. The van der Waals surface area contributed by atoms with Crippen LogP contribution in [0.5, 0.6) is 0 Å². The molecule has 1 aromatic heterocycles. The summed E-state index contributed by atoms with van der Waals surface area (Å²) in [6.07, 6.45) is 0. The number of halogens is 1. The third-order valence-electron chi connectivity index (χ3n) is 4.73. The van der Waals surface area contributed by atoms with E-state index < -0.39 is 18.5 Å². The van der Waals surface area contributed by atoms with Crippen LogP contribution >= 0.6 is 0 Å². The highest BCUT2D eigenvalue weighted by atomic mass is 19.1. The molecule has 0 aliphatic heterocycles. The van der Waals surface area contributed by atoms with Crippen molar-refractivity contribution in [3.63, 3.8) is 0 Å². The Bertz CT molecular complexity index is 1360. The van der Waals surface area contributed by atoms with E-state index in [1.807, 2.05) is 6.07 Å². The second-order valence-corrected chi connectivity index (χ2v) is 6.86. The number of anilines is 1. The SMILES string of the molecule is N#Cc1ccccc1NC(=O)COC(=O)c1cc(-c2ccc(F)cc2)nc2ccccc12. The first-order chi connectivity index (χ1) is 15.5. The van der Waals surface area contributed by atoms with Crippen molar-refractivity contribution in [2.24, 2.45) is 0 Å². The topological polar surface area (TPSA) is 92.1 Å². The van der Waals surface area contributed by atoms with E-state index in [9.17, 15) is 14.0 Å². The fraction of sp³-hybridized carbons (Fsp3) is 0.0400. The van der Waals surface area contributed by atoms with Crippen LogP contribution in [-0.2, 0) is 9.53 Å². The molecule has 1 heterocycles. The number of carbonyl (C=O) groups is 2. The second-order valence-electron chi connectivity index (χ2n) is 6.86. The van der Waals surface area contributed by atoms with Gasteiger partial charge in [-0.3, -0.25) is 4.79 Å². The number of nitrogens with zero attached hydrogens (tertiary/aromatic N) is 2. The van der Waals surface area contributed by atoms with E-state index in [4.69, 9.17) is 10.00 Å².